The van der Waals surface area contributed by atoms with E-state index in [2.05, 4.69) is 10.3 Å². The lowest BCUT2D eigenvalue weighted by molar-refractivity contribution is -0.118. The molecule has 0 saturated carbocycles. The van der Waals surface area contributed by atoms with Crippen LogP contribution in [0.3, 0.4) is 0 Å². The Morgan fingerprint density at radius 1 is 1.40 bits per heavy atom. The lowest BCUT2D eigenvalue weighted by atomic mass is 10.0. The molecular formula is C20H25N3O5S2. The van der Waals surface area contributed by atoms with Crippen LogP contribution in [0.4, 0.5) is 5.13 Å². The SMILES string of the molecule is CCS(=O)(=O)N1CCc2nc(NC(=O)COc3cccc4c3OC(C)(C)C4)sc2C1. The minimum absolute atomic E-state index is 0.0755. The van der Waals surface area contributed by atoms with Gasteiger partial charge in [-0.25, -0.2) is 13.4 Å². The number of nitrogens with one attached hydrogen (secondary N) is 1. The van der Waals surface area contributed by atoms with Gasteiger partial charge in [0.05, 0.1) is 11.4 Å². The predicted molar refractivity (Wildman–Crippen MR) is 115 cm³/mol. The molecule has 1 aromatic heterocycles. The summed E-state index contributed by atoms with van der Waals surface area (Å²) in [6.45, 7) is 6.22. The highest BCUT2D eigenvalue weighted by molar-refractivity contribution is 7.89. The fraction of sp³-hybridized carbons (Fsp3) is 0.500. The Morgan fingerprint density at radius 3 is 2.97 bits per heavy atom. The summed E-state index contributed by atoms with van der Waals surface area (Å²) in [6.07, 6.45) is 1.34. The lowest BCUT2D eigenvalue weighted by Gasteiger charge is -2.24. The maximum atomic E-state index is 12.4. The Hall–Kier alpha value is -2.17. The zero-order valence-electron chi connectivity index (χ0n) is 17.2. The maximum Gasteiger partial charge on any atom is 0.264 e. The van der Waals surface area contributed by atoms with E-state index in [4.69, 9.17) is 9.47 Å². The largest absolute Gasteiger partial charge is 0.483 e. The first kappa shape index (κ1) is 21.1. The van der Waals surface area contributed by atoms with Crippen LogP contribution in [-0.2, 0) is 34.2 Å². The summed E-state index contributed by atoms with van der Waals surface area (Å²) in [6, 6.07) is 5.68. The van der Waals surface area contributed by atoms with Crippen molar-refractivity contribution in [1.29, 1.82) is 0 Å². The van der Waals surface area contributed by atoms with Crippen LogP contribution in [0.2, 0.25) is 0 Å². The number of rotatable bonds is 6. The van der Waals surface area contributed by atoms with Crippen molar-refractivity contribution in [3.63, 3.8) is 0 Å². The highest BCUT2D eigenvalue weighted by Crippen LogP contribution is 2.41. The van der Waals surface area contributed by atoms with E-state index >= 15 is 0 Å². The van der Waals surface area contributed by atoms with Gasteiger partial charge in [-0.1, -0.05) is 12.1 Å². The van der Waals surface area contributed by atoms with E-state index in [9.17, 15) is 13.2 Å². The average molecular weight is 452 g/mol. The second kappa shape index (κ2) is 7.82. The maximum absolute atomic E-state index is 12.4. The number of fused-ring (bicyclic) bond motifs is 2. The first-order chi connectivity index (χ1) is 14.2. The normalized spacial score (nSPS) is 17.7. The monoisotopic (exact) mass is 451 g/mol. The molecule has 0 saturated heterocycles. The summed E-state index contributed by atoms with van der Waals surface area (Å²) in [5.41, 5.74) is 1.62. The van der Waals surface area contributed by atoms with Crippen LogP contribution >= 0.6 is 11.3 Å². The van der Waals surface area contributed by atoms with Crippen LogP contribution in [0.5, 0.6) is 11.5 Å². The van der Waals surface area contributed by atoms with Crippen molar-refractivity contribution in [3.8, 4) is 11.5 Å². The predicted octanol–water partition coefficient (Wildman–Crippen LogP) is 2.58. The van der Waals surface area contributed by atoms with Crippen LogP contribution < -0.4 is 14.8 Å². The van der Waals surface area contributed by atoms with Gasteiger partial charge in [-0.05, 0) is 26.8 Å². The van der Waals surface area contributed by atoms with E-state index in [0.717, 1.165) is 22.6 Å². The first-order valence-corrected chi connectivity index (χ1v) is 12.3. The van der Waals surface area contributed by atoms with Crippen LogP contribution in [0.25, 0.3) is 0 Å². The number of sulfonamides is 1. The molecule has 1 aromatic carbocycles. The number of ether oxygens (including phenoxy) is 2. The molecule has 0 unspecified atom stereocenters. The summed E-state index contributed by atoms with van der Waals surface area (Å²) in [4.78, 5) is 17.7. The van der Waals surface area contributed by atoms with Crippen molar-refractivity contribution in [3.05, 3.63) is 34.3 Å². The Balaban J connectivity index is 1.37. The number of amides is 1. The third kappa shape index (κ3) is 4.30. The molecule has 0 radical (unpaired) electrons. The zero-order chi connectivity index (χ0) is 21.5. The van der Waals surface area contributed by atoms with Gasteiger partial charge in [0, 0.05) is 36.4 Å². The Labute approximate surface area is 180 Å². The van der Waals surface area contributed by atoms with Crippen molar-refractivity contribution in [2.45, 2.75) is 45.8 Å². The second-order valence-electron chi connectivity index (χ2n) is 7.99. The molecule has 0 fully saturated rings. The molecule has 0 bridgehead atoms. The molecular weight excluding hydrogens is 426 g/mol. The third-order valence-electron chi connectivity index (χ3n) is 5.11. The van der Waals surface area contributed by atoms with Crippen molar-refractivity contribution in [2.24, 2.45) is 0 Å². The molecule has 30 heavy (non-hydrogen) atoms. The van der Waals surface area contributed by atoms with Crippen LogP contribution in [-0.4, -0.2) is 48.1 Å². The fourth-order valence-corrected chi connectivity index (χ4v) is 5.83. The van der Waals surface area contributed by atoms with Crippen LogP contribution in [0.1, 0.15) is 36.9 Å². The highest BCUT2D eigenvalue weighted by atomic mass is 32.2. The number of hydrogen-bond acceptors (Lipinski definition) is 7. The number of hydrogen-bond donors (Lipinski definition) is 1. The Kier molecular flexibility index (Phi) is 5.50. The van der Waals surface area contributed by atoms with E-state index in [0.29, 0.717) is 36.1 Å². The number of anilines is 1. The fourth-order valence-electron chi connectivity index (χ4n) is 3.65. The van der Waals surface area contributed by atoms with Gasteiger partial charge in [0.25, 0.3) is 5.91 Å². The summed E-state index contributed by atoms with van der Waals surface area (Å²) < 4.78 is 37.3. The van der Waals surface area contributed by atoms with Gasteiger partial charge in [0.1, 0.15) is 5.60 Å². The van der Waals surface area contributed by atoms with Gasteiger partial charge in [0.15, 0.2) is 23.2 Å². The lowest BCUT2D eigenvalue weighted by Crippen LogP contribution is -2.36. The number of carbonyl (C=O) groups excluding carboxylic acids is 1. The average Bonchev–Trinajstić information content (AvgIpc) is 3.23. The quantitative estimate of drug-likeness (QED) is 0.725. The summed E-state index contributed by atoms with van der Waals surface area (Å²) in [5.74, 6) is 0.991. The highest BCUT2D eigenvalue weighted by Gasteiger charge is 2.32. The van der Waals surface area contributed by atoms with Crippen molar-refractivity contribution >= 4 is 32.4 Å². The molecule has 10 heteroatoms. The molecule has 0 atom stereocenters. The Bertz CT molecular complexity index is 1080. The summed E-state index contributed by atoms with van der Waals surface area (Å²) in [7, 11) is -3.24. The summed E-state index contributed by atoms with van der Waals surface area (Å²) >= 11 is 1.31. The molecule has 8 nitrogen and oxygen atoms in total. The number of thiazole rings is 1. The zero-order valence-corrected chi connectivity index (χ0v) is 18.9. The molecule has 1 N–H and O–H groups in total. The standard InChI is InChI=1S/C20H25N3O5S2/c1-4-30(25,26)23-9-8-14-16(11-23)29-19(21-14)22-17(24)12-27-15-7-5-6-13-10-20(2,3)28-18(13)15/h5-7H,4,8-12H2,1-3H3,(H,21,22,24). The first-order valence-electron chi connectivity index (χ1n) is 9.87. The van der Waals surface area contributed by atoms with Gasteiger partial charge < -0.3 is 9.47 Å². The minimum Gasteiger partial charge on any atom is -0.483 e. The van der Waals surface area contributed by atoms with Gasteiger partial charge in [-0.3, -0.25) is 10.1 Å². The number of nitrogens with zero attached hydrogens (tertiary/aromatic N) is 2. The number of carbonyl (C=O) groups is 1. The van der Waals surface area contributed by atoms with Crippen molar-refractivity contribution < 1.29 is 22.7 Å². The smallest absolute Gasteiger partial charge is 0.264 e. The van der Waals surface area contributed by atoms with E-state index in [1.165, 1.54) is 15.6 Å². The second-order valence-corrected chi connectivity index (χ2v) is 11.3. The molecule has 2 aromatic rings. The molecule has 162 valence electrons. The van der Waals surface area contributed by atoms with Gasteiger partial charge in [-0.15, -0.1) is 11.3 Å². The minimum atomic E-state index is -3.24. The van der Waals surface area contributed by atoms with Crippen molar-refractivity contribution in [1.82, 2.24) is 9.29 Å². The molecule has 1 amide bonds. The molecule has 3 heterocycles. The third-order valence-corrected chi connectivity index (χ3v) is 7.94. The van der Waals surface area contributed by atoms with Gasteiger partial charge >= 0.3 is 0 Å². The Morgan fingerprint density at radius 2 is 2.20 bits per heavy atom. The molecule has 4 rings (SSSR count). The van der Waals surface area contributed by atoms with Crippen LogP contribution in [0, 0.1) is 0 Å². The van der Waals surface area contributed by atoms with Crippen molar-refractivity contribution in [2.75, 3.05) is 24.2 Å². The van der Waals surface area contributed by atoms with E-state index < -0.39 is 10.0 Å². The number of para-hydroxylation sites is 1. The van der Waals surface area contributed by atoms with E-state index in [1.54, 1.807) is 13.0 Å². The summed E-state index contributed by atoms with van der Waals surface area (Å²) in [5, 5.41) is 3.21. The van der Waals surface area contributed by atoms with Gasteiger partial charge in [-0.2, -0.15) is 4.31 Å². The van der Waals surface area contributed by atoms with E-state index in [1.807, 2.05) is 26.0 Å². The number of aromatic nitrogens is 1. The van der Waals surface area contributed by atoms with E-state index in [-0.39, 0.29) is 23.9 Å². The number of benzene rings is 1. The molecule has 2 aliphatic rings. The molecule has 0 spiro atoms. The van der Waals surface area contributed by atoms with Gasteiger partial charge in [0.2, 0.25) is 10.0 Å². The molecule has 2 aliphatic heterocycles. The topological polar surface area (TPSA) is 97.8 Å². The van der Waals surface area contributed by atoms with Crippen LogP contribution in [0.15, 0.2) is 18.2 Å². The molecule has 0 aliphatic carbocycles.